The predicted octanol–water partition coefficient (Wildman–Crippen LogP) is 0.689. The van der Waals surface area contributed by atoms with Crippen LogP contribution in [0.4, 0.5) is 0 Å². The highest BCUT2D eigenvalue weighted by Gasteiger charge is 2.34. The summed E-state index contributed by atoms with van der Waals surface area (Å²) in [4.78, 5) is 11.9. The van der Waals surface area contributed by atoms with Crippen molar-refractivity contribution in [2.45, 2.75) is 45.3 Å². The van der Waals surface area contributed by atoms with Crippen LogP contribution in [0, 0.1) is 5.92 Å². The molecule has 1 amide bonds. The van der Waals surface area contributed by atoms with Gasteiger partial charge in [-0.15, -0.1) is 0 Å². The average Bonchev–Trinajstić information content (AvgIpc) is 2.64. The number of hydrogen-bond acceptors (Lipinski definition) is 3. The Hall–Kier alpha value is -0.610. The van der Waals surface area contributed by atoms with Crippen molar-refractivity contribution >= 4 is 5.91 Å². The molecular weight excluding hydrogens is 194 g/mol. The average molecular weight is 215 g/mol. The molecule has 3 atom stereocenters. The molecule has 0 bridgehead atoms. The van der Waals surface area contributed by atoms with Crippen LogP contribution in [0.3, 0.4) is 0 Å². The largest absolute Gasteiger partial charge is 0.394 e. The Morgan fingerprint density at radius 1 is 1.67 bits per heavy atom. The Morgan fingerprint density at radius 3 is 2.73 bits per heavy atom. The molecule has 0 aromatic heterocycles. The first kappa shape index (κ1) is 12.5. The molecule has 4 heteroatoms. The van der Waals surface area contributed by atoms with E-state index in [-0.39, 0.29) is 24.5 Å². The zero-order chi connectivity index (χ0) is 11.5. The molecule has 1 aliphatic heterocycles. The van der Waals surface area contributed by atoms with E-state index < -0.39 is 5.54 Å². The summed E-state index contributed by atoms with van der Waals surface area (Å²) >= 11 is 0. The van der Waals surface area contributed by atoms with Gasteiger partial charge in [0.15, 0.2) is 0 Å². The minimum absolute atomic E-state index is 0.00148. The summed E-state index contributed by atoms with van der Waals surface area (Å²) in [6.45, 7) is 6.34. The monoisotopic (exact) mass is 215 g/mol. The van der Waals surface area contributed by atoms with Crippen molar-refractivity contribution < 1.29 is 14.6 Å². The number of ether oxygens (including phenoxy) is 1. The van der Waals surface area contributed by atoms with E-state index in [0.717, 1.165) is 12.8 Å². The summed E-state index contributed by atoms with van der Waals surface area (Å²) in [5.41, 5.74) is -0.501. The van der Waals surface area contributed by atoms with Crippen LogP contribution in [-0.4, -0.2) is 35.9 Å². The summed E-state index contributed by atoms with van der Waals surface area (Å²) < 4.78 is 5.34. The standard InChI is InChI=1S/C11H21NO3/c1-4-11(3,7-13)12-10(14)9-5-6-15-8(9)2/h8-9,13H,4-7H2,1-3H3,(H,12,14). The first-order valence-corrected chi connectivity index (χ1v) is 5.57. The molecule has 2 N–H and O–H groups in total. The third-order valence-corrected chi connectivity index (χ3v) is 3.27. The summed E-state index contributed by atoms with van der Waals surface area (Å²) in [6.07, 6.45) is 1.49. The minimum Gasteiger partial charge on any atom is -0.394 e. The second-order valence-electron chi connectivity index (χ2n) is 4.53. The van der Waals surface area contributed by atoms with Crippen molar-refractivity contribution in [3.05, 3.63) is 0 Å². The van der Waals surface area contributed by atoms with Crippen molar-refractivity contribution in [3.63, 3.8) is 0 Å². The zero-order valence-corrected chi connectivity index (χ0v) is 9.75. The van der Waals surface area contributed by atoms with Crippen molar-refractivity contribution in [1.29, 1.82) is 0 Å². The summed E-state index contributed by atoms with van der Waals surface area (Å²) in [7, 11) is 0. The number of amides is 1. The molecule has 0 aromatic carbocycles. The van der Waals surface area contributed by atoms with Gasteiger partial charge in [0.2, 0.25) is 5.91 Å². The van der Waals surface area contributed by atoms with E-state index in [4.69, 9.17) is 4.74 Å². The van der Waals surface area contributed by atoms with Gasteiger partial charge in [-0.05, 0) is 26.7 Å². The summed E-state index contributed by atoms with van der Waals surface area (Å²) in [5, 5.41) is 12.1. The van der Waals surface area contributed by atoms with Gasteiger partial charge in [-0.2, -0.15) is 0 Å². The van der Waals surface area contributed by atoms with E-state index in [1.807, 2.05) is 20.8 Å². The van der Waals surface area contributed by atoms with Gasteiger partial charge in [0.25, 0.3) is 0 Å². The lowest BCUT2D eigenvalue weighted by Gasteiger charge is -2.29. The van der Waals surface area contributed by atoms with E-state index >= 15 is 0 Å². The molecule has 88 valence electrons. The number of carbonyl (C=O) groups excluding carboxylic acids is 1. The summed E-state index contributed by atoms with van der Waals surface area (Å²) in [6, 6.07) is 0. The maximum absolute atomic E-state index is 11.9. The van der Waals surface area contributed by atoms with Gasteiger partial charge in [0.1, 0.15) is 0 Å². The predicted molar refractivity (Wildman–Crippen MR) is 57.4 cm³/mol. The highest BCUT2D eigenvalue weighted by molar-refractivity contribution is 5.80. The molecule has 0 saturated carbocycles. The number of aliphatic hydroxyl groups excluding tert-OH is 1. The Morgan fingerprint density at radius 2 is 2.33 bits per heavy atom. The quantitative estimate of drug-likeness (QED) is 0.725. The van der Waals surface area contributed by atoms with Crippen LogP contribution in [0.15, 0.2) is 0 Å². The Bertz CT molecular complexity index is 226. The van der Waals surface area contributed by atoms with Crippen molar-refractivity contribution in [3.8, 4) is 0 Å². The van der Waals surface area contributed by atoms with E-state index in [1.54, 1.807) is 0 Å². The number of aliphatic hydroxyl groups is 1. The lowest BCUT2D eigenvalue weighted by atomic mass is 9.96. The Balaban J connectivity index is 2.54. The van der Waals surface area contributed by atoms with Gasteiger partial charge in [0, 0.05) is 6.61 Å². The van der Waals surface area contributed by atoms with Gasteiger partial charge in [-0.1, -0.05) is 6.92 Å². The number of rotatable bonds is 4. The van der Waals surface area contributed by atoms with Crippen LogP contribution in [0.2, 0.25) is 0 Å². The highest BCUT2D eigenvalue weighted by Crippen LogP contribution is 2.21. The molecule has 0 spiro atoms. The molecule has 1 heterocycles. The fourth-order valence-electron chi connectivity index (χ4n) is 1.71. The minimum atomic E-state index is -0.501. The Labute approximate surface area is 91.0 Å². The molecule has 1 rings (SSSR count). The van der Waals surface area contributed by atoms with Gasteiger partial charge in [0.05, 0.1) is 24.2 Å². The molecule has 1 fully saturated rings. The second kappa shape index (κ2) is 4.94. The zero-order valence-electron chi connectivity index (χ0n) is 9.75. The van der Waals surface area contributed by atoms with Crippen molar-refractivity contribution in [2.24, 2.45) is 5.92 Å². The van der Waals surface area contributed by atoms with Gasteiger partial charge in [-0.25, -0.2) is 0 Å². The fourth-order valence-corrected chi connectivity index (χ4v) is 1.71. The molecule has 0 radical (unpaired) electrons. The highest BCUT2D eigenvalue weighted by atomic mass is 16.5. The van der Waals surface area contributed by atoms with Gasteiger partial charge in [-0.3, -0.25) is 4.79 Å². The van der Waals surface area contributed by atoms with Crippen LogP contribution in [0.1, 0.15) is 33.6 Å². The first-order chi connectivity index (χ1) is 7.02. The molecule has 0 aliphatic carbocycles. The maximum Gasteiger partial charge on any atom is 0.226 e. The normalized spacial score (nSPS) is 29.9. The van der Waals surface area contributed by atoms with E-state index in [1.165, 1.54) is 0 Å². The van der Waals surface area contributed by atoms with Crippen LogP contribution < -0.4 is 5.32 Å². The second-order valence-corrected chi connectivity index (χ2v) is 4.53. The van der Waals surface area contributed by atoms with Crippen LogP contribution in [-0.2, 0) is 9.53 Å². The first-order valence-electron chi connectivity index (χ1n) is 5.57. The number of nitrogens with one attached hydrogen (secondary N) is 1. The van der Waals surface area contributed by atoms with Gasteiger partial charge < -0.3 is 15.2 Å². The SMILES string of the molecule is CCC(C)(CO)NC(=O)C1CCOC1C. The van der Waals surface area contributed by atoms with Crippen LogP contribution in [0.5, 0.6) is 0 Å². The summed E-state index contributed by atoms with van der Waals surface area (Å²) in [5.74, 6) is -0.0687. The molecule has 4 nitrogen and oxygen atoms in total. The lowest BCUT2D eigenvalue weighted by molar-refractivity contribution is -0.128. The molecule has 1 saturated heterocycles. The molecule has 15 heavy (non-hydrogen) atoms. The van der Waals surface area contributed by atoms with Crippen LogP contribution >= 0.6 is 0 Å². The van der Waals surface area contributed by atoms with E-state index in [2.05, 4.69) is 5.32 Å². The van der Waals surface area contributed by atoms with Gasteiger partial charge >= 0.3 is 0 Å². The topological polar surface area (TPSA) is 58.6 Å². The van der Waals surface area contributed by atoms with Crippen molar-refractivity contribution in [2.75, 3.05) is 13.2 Å². The van der Waals surface area contributed by atoms with Crippen LogP contribution in [0.25, 0.3) is 0 Å². The number of hydrogen-bond donors (Lipinski definition) is 2. The molecule has 1 aliphatic rings. The third kappa shape index (κ3) is 2.92. The maximum atomic E-state index is 11.9. The molecular formula is C11H21NO3. The smallest absolute Gasteiger partial charge is 0.226 e. The molecule has 3 unspecified atom stereocenters. The van der Waals surface area contributed by atoms with E-state index in [0.29, 0.717) is 6.61 Å². The Kier molecular flexibility index (Phi) is 4.11. The van der Waals surface area contributed by atoms with E-state index in [9.17, 15) is 9.90 Å². The number of carbonyl (C=O) groups is 1. The third-order valence-electron chi connectivity index (χ3n) is 3.27. The lowest BCUT2D eigenvalue weighted by Crippen LogP contribution is -2.51. The molecule has 0 aromatic rings. The fraction of sp³-hybridized carbons (Fsp3) is 0.909. The van der Waals surface area contributed by atoms with Crippen molar-refractivity contribution in [1.82, 2.24) is 5.32 Å².